The van der Waals surface area contributed by atoms with Crippen molar-refractivity contribution in [2.24, 2.45) is 0 Å². The number of nitro benzene ring substituents is 1. The molecule has 1 aromatic heterocycles. The second kappa shape index (κ2) is 8.14. The monoisotopic (exact) mass is 375 g/mol. The van der Waals surface area contributed by atoms with Crippen LogP contribution in [0.25, 0.3) is 0 Å². The molecular weight excluding hydrogens is 358 g/mol. The molecule has 0 spiro atoms. The lowest BCUT2D eigenvalue weighted by Gasteiger charge is -2.33. The van der Waals surface area contributed by atoms with Gasteiger partial charge in [-0.25, -0.2) is 0 Å². The lowest BCUT2D eigenvalue weighted by Crippen LogP contribution is -2.45. The van der Waals surface area contributed by atoms with Crippen molar-refractivity contribution in [3.05, 3.63) is 63.4 Å². The number of carbonyl (C=O) groups excluding carboxylic acids is 1. The van der Waals surface area contributed by atoms with Gasteiger partial charge in [-0.05, 0) is 18.4 Å². The number of pyridine rings is 1. The number of benzene rings is 1. The van der Waals surface area contributed by atoms with Crippen LogP contribution >= 0.6 is 11.6 Å². The number of rotatable bonds is 5. The largest absolute Gasteiger partial charge is 0.487 e. The van der Waals surface area contributed by atoms with E-state index in [1.807, 2.05) is 0 Å². The van der Waals surface area contributed by atoms with E-state index in [0.29, 0.717) is 23.9 Å². The molecule has 8 heteroatoms. The molecule has 136 valence electrons. The maximum absolute atomic E-state index is 12.6. The second-order valence-corrected chi connectivity index (χ2v) is 6.54. The van der Waals surface area contributed by atoms with Crippen LogP contribution in [0.1, 0.15) is 18.4 Å². The number of nitrogens with zero attached hydrogens (tertiary/aromatic N) is 3. The summed E-state index contributed by atoms with van der Waals surface area (Å²) in [7, 11) is 0. The number of piperidine rings is 1. The molecule has 0 N–H and O–H groups in total. The van der Waals surface area contributed by atoms with Crippen molar-refractivity contribution in [3.63, 3.8) is 0 Å². The predicted octanol–water partition coefficient (Wildman–Crippen LogP) is 3.26. The Hall–Kier alpha value is -2.67. The van der Waals surface area contributed by atoms with Crippen molar-refractivity contribution in [2.45, 2.75) is 25.4 Å². The molecule has 2 heterocycles. The Balaban J connectivity index is 1.59. The Labute approximate surface area is 155 Å². The van der Waals surface area contributed by atoms with Gasteiger partial charge in [0.15, 0.2) is 0 Å². The molecule has 26 heavy (non-hydrogen) atoms. The van der Waals surface area contributed by atoms with Crippen molar-refractivity contribution in [1.82, 2.24) is 9.88 Å². The molecule has 0 saturated carbocycles. The minimum Gasteiger partial charge on any atom is -0.487 e. The van der Waals surface area contributed by atoms with Crippen molar-refractivity contribution in [2.75, 3.05) is 13.1 Å². The van der Waals surface area contributed by atoms with E-state index in [1.165, 1.54) is 18.3 Å². The maximum Gasteiger partial charge on any atom is 0.269 e. The fourth-order valence-electron chi connectivity index (χ4n) is 2.92. The molecule has 0 radical (unpaired) electrons. The van der Waals surface area contributed by atoms with Crippen LogP contribution < -0.4 is 4.74 Å². The van der Waals surface area contributed by atoms with Gasteiger partial charge in [0.2, 0.25) is 5.91 Å². The van der Waals surface area contributed by atoms with E-state index >= 15 is 0 Å². The summed E-state index contributed by atoms with van der Waals surface area (Å²) in [4.78, 5) is 28.5. The maximum atomic E-state index is 12.6. The second-order valence-electron chi connectivity index (χ2n) is 6.13. The van der Waals surface area contributed by atoms with Crippen LogP contribution in [0.4, 0.5) is 5.69 Å². The normalized spacial score (nSPS) is 17.0. The number of non-ortho nitro benzene ring substituents is 1. The molecule has 1 saturated heterocycles. The Morgan fingerprint density at radius 1 is 1.35 bits per heavy atom. The highest BCUT2D eigenvalue weighted by Crippen LogP contribution is 2.25. The van der Waals surface area contributed by atoms with E-state index in [9.17, 15) is 14.9 Å². The Bertz CT molecular complexity index is 797. The van der Waals surface area contributed by atoms with Gasteiger partial charge in [0.05, 0.1) is 17.9 Å². The van der Waals surface area contributed by atoms with Crippen molar-refractivity contribution in [1.29, 1.82) is 0 Å². The molecule has 3 rings (SSSR count). The van der Waals surface area contributed by atoms with Gasteiger partial charge >= 0.3 is 0 Å². The first kappa shape index (κ1) is 18.1. The summed E-state index contributed by atoms with van der Waals surface area (Å²) in [6, 6.07) is 7.77. The Morgan fingerprint density at radius 3 is 2.81 bits per heavy atom. The molecule has 1 fully saturated rings. The fourth-order valence-corrected chi connectivity index (χ4v) is 3.08. The molecule has 1 aliphatic heterocycles. The summed E-state index contributed by atoms with van der Waals surface area (Å²) in [6.07, 6.45) is 4.92. The molecule has 1 unspecified atom stereocenters. The van der Waals surface area contributed by atoms with E-state index in [2.05, 4.69) is 4.98 Å². The number of nitro groups is 1. The van der Waals surface area contributed by atoms with Crippen LogP contribution in [-0.2, 0) is 11.2 Å². The number of carbonyl (C=O) groups is 1. The smallest absolute Gasteiger partial charge is 0.269 e. The molecule has 0 bridgehead atoms. The van der Waals surface area contributed by atoms with Gasteiger partial charge in [0.1, 0.15) is 16.9 Å². The first-order valence-electron chi connectivity index (χ1n) is 8.30. The third kappa shape index (κ3) is 4.49. The SMILES string of the molecule is O=C(Cc1ccc([N+](=O)[O-])cc1)N1CCCC(Oc2ccncc2Cl)C1. The number of likely N-dealkylation sites (tertiary alicyclic amines) is 1. The number of hydrogen-bond donors (Lipinski definition) is 0. The summed E-state index contributed by atoms with van der Waals surface area (Å²) < 4.78 is 5.92. The number of amides is 1. The zero-order valence-corrected chi connectivity index (χ0v) is 14.8. The minimum absolute atomic E-state index is 0.0156. The van der Waals surface area contributed by atoms with E-state index in [4.69, 9.17) is 16.3 Å². The van der Waals surface area contributed by atoms with Crippen LogP contribution in [0.5, 0.6) is 5.75 Å². The quantitative estimate of drug-likeness (QED) is 0.591. The third-order valence-corrected chi connectivity index (χ3v) is 4.55. The minimum atomic E-state index is -0.456. The highest BCUT2D eigenvalue weighted by molar-refractivity contribution is 6.31. The lowest BCUT2D eigenvalue weighted by atomic mass is 10.1. The Kier molecular flexibility index (Phi) is 5.68. The summed E-state index contributed by atoms with van der Waals surface area (Å²) in [5.74, 6) is 0.546. The van der Waals surface area contributed by atoms with Crippen LogP contribution in [0.15, 0.2) is 42.7 Å². The van der Waals surface area contributed by atoms with E-state index < -0.39 is 4.92 Å². The number of aromatic nitrogens is 1. The molecule has 1 aromatic carbocycles. The average molecular weight is 376 g/mol. The molecule has 1 aliphatic rings. The van der Waals surface area contributed by atoms with Crippen LogP contribution in [0.3, 0.4) is 0 Å². The van der Waals surface area contributed by atoms with E-state index in [1.54, 1.807) is 29.3 Å². The van der Waals surface area contributed by atoms with Gasteiger partial charge in [-0.2, -0.15) is 0 Å². The first-order valence-corrected chi connectivity index (χ1v) is 8.68. The number of ether oxygens (including phenoxy) is 1. The summed E-state index contributed by atoms with van der Waals surface area (Å²) in [5, 5.41) is 11.1. The van der Waals surface area contributed by atoms with Gasteiger partial charge in [0, 0.05) is 37.1 Å². The Morgan fingerprint density at radius 2 is 2.12 bits per heavy atom. The van der Waals surface area contributed by atoms with Crippen LogP contribution in [0.2, 0.25) is 5.02 Å². The topological polar surface area (TPSA) is 85.6 Å². The summed E-state index contributed by atoms with van der Waals surface area (Å²) in [5.41, 5.74) is 0.766. The first-order chi connectivity index (χ1) is 12.5. The number of hydrogen-bond acceptors (Lipinski definition) is 5. The van der Waals surface area contributed by atoms with Gasteiger partial charge in [-0.1, -0.05) is 23.7 Å². The highest BCUT2D eigenvalue weighted by atomic mass is 35.5. The average Bonchev–Trinajstić information content (AvgIpc) is 2.64. The van der Waals surface area contributed by atoms with Gasteiger partial charge in [0.25, 0.3) is 5.69 Å². The van der Waals surface area contributed by atoms with Crippen molar-refractivity contribution in [3.8, 4) is 5.75 Å². The molecular formula is C18H18ClN3O4. The zero-order chi connectivity index (χ0) is 18.5. The number of halogens is 1. The van der Waals surface area contributed by atoms with E-state index in [0.717, 1.165) is 18.4 Å². The molecule has 2 aromatic rings. The van der Waals surface area contributed by atoms with Crippen LogP contribution in [0, 0.1) is 10.1 Å². The van der Waals surface area contributed by atoms with Gasteiger partial charge in [-0.15, -0.1) is 0 Å². The zero-order valence-electron chi connectivity index (χ0n) is 14.0. The van der Waals surface area contributed by atoms with Crippen molar-refractivity contribution < 1.29 is 14.5 Å². The van der Waals surface area contributed by atoms with Gasteiger partial charge in [-0.3, -0.25) is 19.9 Å². The highest BCUT2D eigenvalue weighted by Gasteiger charge is 2.25. The predicted molar refractivity (Wildman–Crippen MR) is 96.3 cm³/mol. The molecule has 7 nitrogen and oxygen atoms in total. The molecule has 1 amide bonds. The van der Waals surface area contributed by atoms with Gasteiger partial charge < -0.3 is 9.64 Å². The van der Waals surface area contributed by atoms with Crippen LogP contribution in [-0.4, -0.2) is 39.9 Å². The van der Waals surface area contributed by atoms with Crippen molar-refractivity contribution >= 4 is 23.2 Å². The van der Waals surface area contributed by atoms with E-state index in [-0.39, 0.29) is 24.1 Å². The third-order valence-electron chi connectivity index (χ3n) is 4.26. The fraction of sp³-hybridized carbons (Fsp3) is 0.333. The molecule has 0 aliphatic carbocycles. The lowest BCUT2D eigenvalue weighted by molar-refractivity contribution is -0.384. The standard InChI is InChI=1S/C18H18ClN3O4/c19-16-11-20-8-7-17(16)26-15-2-1-9-21(12-15)18(23)10-13-3-5-14(6-4-13)22(24)25/h3-8,11,15H,1-2,9-10,12H2. The summed E-state index contributed by atoms with van der Waals surface area (Å²) >= 11 is 6.07. The molecule has 1 atom stereocenters. The summed E-state index contributed by atoms with van der Waals surface area (Å²) in [6.45, 7) is 1.17.